The molecule has 2 aromatic rings. The molecule has 5 heterocycles. The predicted octanol–water partition coefficient (Wildman–Crippen LogP) is -3.72. The van der Waals surface area contributed by atoms with Crippen molar-refractivity contribution in [2.24, 2.45) is 23.5 Å². The van der Waals surface area contributed by atoms with Gasteiger partial charge in [0, 0.05) is 73.7 Å². The Hall–Kier alpha value is -7.22. The number of nitrogens with two attached hydrogens (primary N) is 1. The monoisotopic (exact) mass is 1190 g/mol. The molecular formula is C51H71N11O18S2. The summed E-state index contributed by atoms with van der Waals surface area (Å²) in [6.07, 6.45) is -5.05. The van der Waals surface area contributed by atoms with Crippen LogP contribution in [0.1, 0.15) is 83.3 Å². The molecule has 2 saturated heterocycles. The lowest BCUT2D eigenvalue weighted by Gasteiger charge is -2.32. The fourth-order valence-corrected chi connectivity index (χ4v) is 12.3. The van der Waals surface area contributed by atoms with E-state index in [4.69, 9.17) is 15.3 Å². The van der Waals surface area contributed by atoms with E-state index in [2.05, 4.69) is 42.2 Å². The van der Waals surface area contributed by atoms with Crippen LogP contribution in [0.15, 0.2) is 17.2 Å². The standard InChI is InChI=1S/C51H71N11O18S2/c1-5-24(2)29-14-26(64)18-54-45(72)32-16-30-28-8-9-37(79-4)31(22-81-13-7-6-12-53-51(77)80-62-40(69)10-11-41(62)70)43(28)60-49(30)82(78)23-34(56-39(68)19-55-44(29)71)46(73)58-33(17-38(52)67)50(76)61-20-27(65)15-35(61)47(74)59-42(48(75)57-32)25(3)36(66)21-63/h8-9,24-25,27,29,32-36,42,60,63,65-66H,5-7,10-23H2,1-4H3,(H2,52,67)(H,53,77)(H,54,72)(H,55,71)(H,56,68)(H,57,75)(H,58,73)(H,59,74)/t24-,25-,27+,29-,32-,33-,34-,35?,36-,42-,82?/m0/s1. The minimum Gasteiger partial charge on any atom is -0.496 e. The number of Topliss-reactive ketones (excluding diaryl/α,β-unsaturated/α-hetero) is 1. The Balaban J connectivity index is 1.46. The molecule has 0 radical (unpaired) electrons. The molecule has 0 aliphatic carbocycles. The number of rotatable bonds is 16. The molecular weight excluding hydrogens is 1120 g/mol. The minimum absolute atomic E-state index is 0.0651. The largest absolute Gasteiger partial charge is 0.496 e. The molecule has 13 N–H and O–H groups in total. The fraction of sp³-hybridized carbons (Fsp3) is 0.608. The normalized spacial score (nSPS) is 25.8. The van der Waals surface area contributed by atoms with E-state index in [-0.39, 0.29) is 35.7 Å². The van der Waals surface area contributed by atoms with Crippen LogP contribution in [0.2, 0.25) is 0 Å². The molecule has 1 aromatic carbocycles. The molecule has 1 aromatic heterocycles. The first-order chi connectivity index (χ1) is 39.0. The van der Waals surface area contributed by atoms with Crippen LogP contribution in [-0.4, -0.2) is 199 Å². The Morgan fingerprint density at radius 1 is 0.890 bits per heavy atom. The number of aliphatic hydroxyl groups is 3. The van der Waals surface area contributed by atoms with Crippen molar-refractivity contribution in [1.82, 2.24) is 52.2 Å². The van der Waals surface area contributed by atoms with E-state index in [0.717, 1.165) is 4.90 Å². The van der Waals surface area contributed by atoms with Gasteiger partial charge in [-0.25, -0.2) is 4.79 Å². The number of ketones is 1. The molecule has 450 valence electrons. The van der Waals surface area contributed by atoms with Gasteiger partial charge in [-0.1, -0.05) is 27.2 Å². The Morgan fingerprint density at radius 3 is 2.27 bits per heavy atom. The smallest absolute Gasteiger partial charge is 0.432 e. The van der Waals surface area contributed by atoms with Gasteiger partial charge in [-0.05, 0) is 42.2 Å². The van der Waals surface area contributed by atoms with Gasteiger partial charge >= 0.3 is 6.09 Å². The molecule has 2 unspecified atom stereocenters. The number of primary amides is 1. The molecule has 0 spiro atoms. The van der Waals surface area contributed by atoms with E-state index >= 15 is 4.21 Å². The maximum Gasteiger partial charge on any atom is 0.432 e. The number of carbonyl (C=O) groups excluding carboxylic acids is 12. The van der Waals surface area contributed by atoms with Gasteiger partial charge in [0.1, 0.15) is 41.0 Å². The number of fused-ring (bicyclic) bond motifs is 5. The number of benzene rings is 1. The predicted molar refractivity (Wildman–Crippen MR) is 289 cm³/mol. The van der Waals surface area contributed by atoms with Crippen molar-refractivity contribution in [2.45, 2.75) is 132 Å². The highest BCUT2D eigenvalue weighted by Crippen LogP contribution is 2.36. The van der Waals surface area contributed by atoms with E-state index in [0.29, 0.717) is 52.3 Å². The first-order valence-electron chi connectivity index (χ1n) is 26.8. The highest BCUT2D eigenvalue weighted by atomic mass is 32.2. The Labute approximate surface area is 477 Å². The zero-order valence-electron chi connectivity index (χ0n) is 45.7. The lowest BCUT2D eigenvalue weighted by Crippen LogP contribution is -2.62. The Kier molecular flexibility index (Phi) is 22.7. The van der Waals surface area contributed by atoms with Crippen LogP contribution < -0.4 is 47.7 Å². The maximum atomic E-state index is 15.2. The molecule has 11 amide bonds. The number of H-pyrrole nitrogens is 1. The van der Waals surface area contributed by atoms with Crippen molar-refractivity contribution in [1.29, 1.82) is 0 Å². The second-order valence-corrected chi connectivity index (χ2v) is 23.1. The number of nitrogens with zero attached hydrogens (tertiary/aromatic N) is 2. The number of carbonyl (C=O) groups is 12. The van der Waals surface area contributed by atoms with Gasteiger partial charge in [-0.3, -0.25) is 56.9 Å². The summed E-state index contributed by atoms with van der Waals surface area (Å²) in [5, 5.41) is 49.9. The van der Waals surface area contributed by atoms with Crippen molar-refractivity contribution < 1.29 is 86.6 Å². The van der Waals surface area contributed by atoms with Crippen LogP contribution in [0, 0.1) is 17.8 Å². The number of amides is 11. The molecule has 2 fully saturated rings. The Bertz CT molecular complexity index is 2820. The highest BCUT2D eigenvalue weighted by molar-refractivity contribution is 7.98. The van der Waals surface area contributed by atoms with Gasteiger partial charge in [-0.2, -0.15) is 11.8 Å². The second-order valence-electron chi connectivity index (χ2n) is 20.5. The number of aromatic amines is 1. The van der Waals surface area contributed by atoms with E-state index in [1.54, 1.807) is 26.0 Å². The lowest BCUT2D eigenvalue weighted by atomic mass is 9.86. The van der Waals surface area contributed by atoms with Gasteiger partial charge in [0.25, 0.3) is 11.8 Å². The lowest BCUT2D eigenvalue weighted by molar-refractivity contribution is -0.171. The van der Waals surface area contributed by atoms with Crippen molar-refractivity contribution in [3.05, 3.63) is 23.3 Å². The number of hydrogen-bond donors (Lipinski definition) is 12. The molecule has 82 heavy (non-hydrogen) atoms. The fourth-order valence-electron chi connectivity index (χ4n) is 9.89. The number of aromatic nitrogens is 1. The van der Waals surface area contributed by atoms with E-state index in [9.17, 15) is 72.9 Å². The highest BCUT2D eigenvalue weighted by Gasteiger charge is 2.45. The van der Waals surface area contributed by atoms with Gasteiger partial charge in [0.15, 0.2) is 5.78 Å². The van der Waals surface area contributed by atoms with Gasteiger partial charge in [-0.15, -0.1) is 5.06 Å². The Morgan fingerprint density at radius 2 is 1.60 bits per heavy atom. The first kappa shape index (κ1) is 64.0. The van der Waals surface area contributed by atoms with Crippen LogP contribution in [-0.2, 0) is 80.6 Å². The van der Waals surface area contributed by atoms with Gasteiger partial charge < -0.3 is 77.7 Å². The molecule has 4 aliphatic rings. The van der Waals surface area contributed by atoms with Gasteiger partial charge in [0.05, 0.1) is 67.5 Å². The average Bonchev–Trinajstić information content (AvgIpc) is 4.35. The summed E-state index contributed by atoms with van der Waals surface area (Å²) >= 11 is 1.42. The summed E-state index contributed by atoms with van der Waals surface area (Å²) < 4.78 is 21.0. The molecule has 31 heteroatoms. The number of hydroxylamine groups is 2. The molecule has 0 saturated carbocycles. The van der Waals surface area contributed by atoms with Crippen LogP contribution in [0.25, 0.3) is 10.9 Å². The summed E-state index contributed by atoms with van der Waals surface area (Å²) in [7, 11) is -1.05. The summed E-state index contributed by atoms with van der Waals surface area (Å²) in [5.41, 5.74) is 6.49. The van der Waals surface area contributed by atoms with E-state index < -0.39 is 200 Å². The average molecular weight is 1190 g/mol. The first-order valence-corrected chi connectivity index (χ1v) is 29.2. The summed E-state index contributed by atoms with van der Waals surface area (Å²) in [6, 6.07) is -5.71. The maximum absolute atomic E-state index is 15.2. The third-order valence-corrected chi connectivity index (χ3v) is 17.3. The number of ether oxygens (including phenoxy) is 1. The van der Waals surface area contributed by atoms with Crippen molar-refractivity contribution in [2.75, 3.05) is 51.4 Å². The van der Waals surface area contributed by atoms with Crippen LogP contribution in [0.5, 0.6) is 5.75 Å². The number of thioether (sulfide) groups is 1. The zero-order valence-corrected chi connectivity index (χ0v) is 47.3. The van der Waals surface area contributed by atoms with Crippen LogP contribution in [0.3, 0.4) is 0 Å². The number of methoxy groups -OCH3 is 1. The topological polar surface area (TPSA) is 434 Å². The van der Waals surface area contributed by atoms with Crippen molar-refractivity contribution in [3.63, 3.8) is 0 Å². The summed E-state index contributed by atoms with van der Waals surface area (Å²) in [6.45, 7) is 2.02. The van der Waals surface area contributed by atoms with Crippen molar-refractivity contribution in [3.8, 4) is 5.75 Å². The second kappa shape index (κ2) is 29.2. The third kappa shape index (κ3) is 16.1. The van der Waals surface area contributed by atoms with E-state index in [1.807, 2.05) is 0 Å². The molecule has 29 nitrogen and oxygen atoms in total. The summed E-state index contributed by atoms with van der Waals surface area (Å²) in [5.74, 6) is -12.8. The third-order valence-electron chi connectivity index (χ3n) is 14.8. The summed E-state index contributed by atoms with van der Waals surface area (Å²) in [4.78, 5) is 172. The van der Waals surface area contributed by atoms with Crippen LogP contribution >= 0.6 is 11.8 Å². The quantitative estimate of drug-likeness (QED) is 0.0568. The number of unbranched alkanes of at least 4 members (excludes halogenated alkanes) is 1. The molecule has 4 aliphatic heterocycles. The minimum atomic E-state index is -2.45. The number of aliphatic hydroxyl groups excluding tert-OH is 3. The number of hydrogen-bond acceptors (Lipinski definition) is 19. The van der Waals surface area contributed by atoms with Crippen LogP contribution in [0.4, 0.5) is 4.79 Å². The molecule has 11 atom stereocenters. The number of nitrogens with one attached hydrogen (secondary N) is 8. The van der Waals surface area contributed by atoms with E-state index in [1.165, 1.54) is 25.8 Å². The van der Waals surface area contributed by atoms with Crippen molar-refractivity contribution >= 4 is 104 Å². The van der Waals surface area contributed by atoms with Gasteiger partial charge in [0.2, 0.25) is 47.3 Å². The SMILES string of the molecule is CC[C@H](C)[C@@H]1CC(=O)CNC(=O)[C@@H]2Cc3c([nH]c4c(CSCCCCNC(=O)ON5C(=O)CCC5=O)c(OC)ccc34)S(=O)C[C@H](NC(=O)CNC1=O)C(=O)N[C@@H](CC(N)=O)C(=O)N1C[C@H](O)CC1C(=O)N[C@@H]([C@@H](C)[C@@H](O)CO)C(=O)N2. The number of imide groups is 1. The molecule has 6 rings (SSSR count). The zero-order chi connectivity index (χ0) is 60.1. The molecule has 2 bridgehead atoms.